The Morgan fingerprint density at radius 1 is 0.700 bits per heavy atom. The molecule has 20 heavy (non-hydrogen) atoms. The molecule has 1 N–H and O–H groups in total. The molecule has 98 valence electrons. The van der Waals surface area contributed by atoms with Crippen LogP contribution in [0.15, 0.2) is 79.1 Å². The molecule has 2 heteroatoms. The molecule has 0 aliphatic heterocycles. The largest absolute Gasteiger partial charge is 0.391 e. The minimum absolute atomic E-state index is 0.0452. The zero-order valence-electron chi connectivity index (χ0n) is 11.1. The van der Waals surface area contributed by atoms with Crippen LogP contribution in [-0.4, -0.2) is 5.11 Å². The molecule has 0 saturated heterocycles. The van der Waals surface area contributed by atoms with Crippen LogP contribution in [0.5, 0.6) is 0 Å². The van der Waals surface area contributed by atoms with E-state index in [9.17, 15) is 5.11 Å². The van der Waals surface area contributed by atoms with E-state index in [0.717, 1.165) is 11.3 Å². The first-order chi connectivity index (χ1) is 9.88. The molecule has 1 aromatic heterocycles. The summed E-state index contributed by atoms with van der Waals surface area (Å²) in [6.45, 7) is 0.0452. The Kier molecular flexibility index (Phi) is 3.57. The molecule has 0 amide bonds. The minimum atomic E-state index is 0.0452. The molecule has 0 bridgehead atoms. The van der Waals surface area contributed by atoms with Gasteiger partial charge in [-0.05, 0) is 11.1 Å². The SMILES string of the molecule is OCc1ccccc1-[n+]1ccc(-c2ccccc2)cc1. The monoisotopic (exact) mass is 262 g/mol. The first kappa shape index (κ1) is 12.6. The van der Waals surface area contributed by atoms with Crippen LogP contribution in [0.3, 0.4) is 0 Å². The molecule has 0 radical (unpaired) electrons. The highest BCUT2D eigenvalue weighted by molar-refractivity contribution is 5.62. The van der Waals surface area contributed by atoms with Gasteiger partial charge in [0, 0.05) is 23.8 Å². The number of para-hydroxylation sites is 1. The highest BCUT2D eigenvalue weighted by Gasteiger charge is 2.10. The summed E-state index contributed by atoms with van der Waals surface area (Å²) in [5.74, 6) is 0. The van der Waals surface area contributed by atoms with Gasteiger partial charge < -0.3 is 5.11 Å². The highest BCUT2D eigenvalue weighted by atomic mass is 16.3. The van der Waals surface area contributed by atoms with Gasteiger partial charge in [-0.15, -0.1) is 0 Å². The number of benzene rings is 2. The Morgan fingerprint density at radius 3 is 2.00 bits per heavy atom. The molecule has 2 nitrogen and oxygen atoms in total. The first-order valence-electron chi connectivity index (χ1n) is 6.64. The van der Waals surface area contributed by atoms with Crippen molar-refractivity contribution in [1.29, 1.82) is 0 Å². The number of hydrogen-bond donors (Lipinski definition) is 1. The number of aliphatic hydroxyl groups is 1. The van der Waals surface area contributed by atoms with Crippen molar-refractivity contribution in [3.63, 3.8) is 0 Å². The molecule has 0 aliphatic rings. The van der Waals surface area contributed by atoms with Gasteiger partial charge in [0.05, 0.1) is 6.61 Å². The van der Waals surface area contributed by atoms with Gasteiger partial charge in [-0.3, -0.25) is 0 Å². The fourth-order valence-electron chi connectivity index (χ4n) is 2.31. The van der Waals surface area contributed by atoms with Gasteiger partial charge in [-0.1, -0.05) is 48.5 Å². The lowest BCUT2D eigenvalue weighted by atomic mass is 10.1. The van der Waals surface area contributed by atoms with Crippen molar-refractivity contribution >= 4 is 0 Å². The number of nitrogens with zero attached hydrogens (tertiary/aromatic N) is 1. The Balaban J connectivity index is 1.98. The van der Waals surface area contributed by atoms with Gasteiger partial charge >= 0.3 is 0 Å². The smallest absolute Gasteiger partial charge is 0.216 e. The van der Waals surface area contributed by atoms with Crippen LogP contribution < -0.4 is 4.57 Å². The van der Waals surface area contributed by atoms with Crippen molar-refractivity contribution in [2.45, 2.75) is 6.61 Å². The molecule has 0 unspecified atom stereocenters. The van der Waals surface area contributed by atoms with E-state index >= 15 is 0 Å². The summed E-state index contributed by atoms with van der Waals surface area (Å²) in [4.78, 5) is 0. The number of pyridine rings is 1. The van der Waals surface area contributed by atoms with Crippen LogP contribution >= 0.6 is 0 Å². The van der Waals surface area contributed by atoms with Gasteiger partial charge in [0.15, 0.2) is 12.4 Å². The quantitative estimate of drug-likeness (QED) is 0.720. The summed E-state index contributed by atoms with van der Waals surface area (Å²) >= 11 is 0. The van der Waals surface area contributed by atoms with Crippen LogP contribution in [0.1, 0.15) is 5.56 Å². The Bertz CT molecular complexity index is 690. The van der Waals surface area contributed by atoms with Crippen LogP contribution in [0.4, 0.5) is 0 Å². The highest BCUT2D eigenvalue weighted by Crippen LogP contribution is 2.17. The van der Waals surface area contributed by atoms with Crippen LogP contribution in [0.25, 0.3) is 16.8 Å². The summed E-state index contributed by atoms with van der Waals surface area (Å²) in [6, 6.07) is 22.3. The van der Waals surface area contributed by atoms with E-state index < -0.39 is 0 Å². The predicted molar refractivity (Wildman–Crippen MR) is 79.3 cm³/mol. The number of hydrogen-bond acceptors (Lipinski definition) is 1. The average molecular weight is 262 g/mol. The molecule has 1 heterocycles. The first-order valence-corrected chi connectivity index (χ1v) is 6.64. The van der Waals surface area contributed by atoms with E-state index in [2.05, 4.69) is 24.3 Å². The third-order valence-corrected chi connectivity index (χ3v) is 3.38. The molecule has 3 rings (SSSR count). The second-order valence-corrected chi connectivity index (χ2v) is 4.65. The lowest BCUT2D eigenvalue weighted by molar-refractivity contribution is -0.596. The molecular weight excluding hydrogens is 246 g/mol. The van der Waals surface area contributed by atoms with Gasteiger partial charge in [-0.25, -0.2) is 0 Å². The second kappa shape index (κ2) is 5.68. The number of rotatable bonds is 3. The van der Waals surface area contributed by atoms with Crippen molar-refractivity contribution in [2.24, 2.45) is 0 Å². The van der Waals surface area contributed by atoms with Crippen molar-refractivity contribution in [3.05, 3.63) is 84.7 Å². The maximum Gasteiger partial charge on any atom is 0.216 e. The second-order valence-electron chi connectivity index (χ2n) is 4.65. The van der Waals surface area contributed by atoms with Gasteiger partial charge in [-0.2, -0.15) is 4.57 Å². The fraction of sp³-hybridized carbons (Fsp3) is 0.0556. The van der Waals surface area contributed by atoms with E-state index in [1.165, 1.54) is 11.1 Å². The van der Waals surface area contributed by atoms with Gasteiger partial charge in [0.2, 0.25) is 5.69 Å². The lowest BCUT2D eigenvalue weighted by Crippen LogP contribution is -2.30. The van der Waals surface area contributed by atoms with Gasteiger partial charge in [0.1, 0.15) is 0 Å². The van der Waals surface area contributed by atoms with E-state index in [0.29, 0.717) is 0 Å². The summed E-state index contributed by atoms with van der Waals surface area (Å²) in [7, 11) is 0. The molecule has 2 aromatic carbocycles. The Hall–Kier alpha value is -2.45. The minimum Gasteiger partial charge on any atom is -0.391 e. The predicted octanol–water partition coefficient (Wildman–Crippen LogP) is 3.12. The van der Waals surface area contributed by atoms with Crippen molar-refractivity contribution in [2.75, 3.05) is 0 Å². The molecule has 0 aliphatic carbocycles. The van der Waals surface area contributed by atoms with E-state index in [1.54, 1.807) is 0 Å². The zero-order chi connectivity index (χ0) is 13.8. The fourth-order valence-corrected chi connectivity index (χ4v) is 2.31. The topological polar surface area (TPSA) is 24.1 Å². The molecule has 0 fully saturated rings. The Labute approximate surface area is 118 Å². The summed E-state index contributed by atoms with van der Waals surface area (Å²) in [6.07, 6.45) is 4.05. The number of aromatic nitrogens is 1. The molecule has 0 atom stereocenters. The zero-order valence-corrected chi connectivity index (χ0v) is 11.1. The van der Waals surface area contributed by atoms with E-state index in [-0.39, 0.29) is 6.61 Å². The van der Waals surface area contributed by atoms with Crippen LogP contribution in [0.2, 0.25) is 0 Å². The molecule has 0 saturated carbocycles. The average Bonchev–Trinajstić information content (AvgIpc) is 2.56. The maximum absolute atomic E-state index is 9.40. The maximum atomic E-state index is 9.40. The molecular formula is C18H16NO+. The summed E-state index contributed by atoms with van der Waals surface area (Å²) in [5, 5.41) is 9.40. The normalized spacial score (nSPS) is 10.4. The molecule has 3 aromatic rings. The molecule has 0 spiro atoms. The van der Waals surface area contributed by atoms with E-state index in [1.807, 2.05) is 59.4 Å². The van der Waals surface area contributed by atoms with Crippen molar-refractivity contribution < 1.29 is 9.67 Å². The van der Waals surface area contributed by atoms with Crippen molar-refractivity contribution in [1.82, 2.24) is 0 Å². The third-order valence-electron chi connectivity index (χ3n) is 3.38. The third kappa shape index (κ3) is 2.46. The number of aliphatic hydroxyl groups excluding tert-OH is 1. The summed E-state index contributed by atoms with van der Waals surface area (Å²) in [5.41, 5.74) is 4.32. The Morgan fingerprint density at radius 2 is 1.30 bits per heavy atom. The summed E-state index contributed by atoms with van der Waals surface area (Å²) < 4.78 is 2.03. The lowest BCUT2D eigenvalue weighted by Gasteiger charge is -2.03. The van der Waals surface area contributed by atoms with Crippen molar-refractivity contribution in [3.8, 4) is 16.8 Å². The van der Waals surface area contributed by atoms with Crippen LogP contribution in [0, 0.1) is 0 Å². The van der Waals surface area contributed by atoms with Crippen LogP contribution in [-0.2, 0) is 6.61 Å². The van der Waals surface area contributed by atoms with E-state index in [4.69, 9.17) is 0 Å². The van der Waals surface area contributed by atoms with Gasteiger partial charge in [0.25, 0.3) is 0 Å². The standard InChI is InChI=1S/C18H16NO/c20-14-17-8-4-5-9-18(17)19-12-10-16(11-13-19)15-6-2-1-3-7-15/h1-13,20H,14H2/q+1.